The highest BCUT2D eigenvalue weighted by molar-refractivity contribution is 5.91. The summed E-state index contributed by atoms with van der Waals surface area (Å²) in [5.41, 5.74) is 2.06. The van der Waals surface area contributed by atoms with E-state index >= 15 is 0 Å². The van der Waals surface area contributed by atoms with E-state index in [9.17, 15) is 4.39 Å². The third kappa shape index (κ3) is 4.05. The van der Waals surface area contributed by atoms with E-state index in [1.165, 1.54) is 12.1 Å². The van der Waals surface area contributed by atoms with Crippen molar-refractivity contribution in [3.8, 4) is 17.0 Å². The fourth-order valence-corrected chi connectivity index (χ4v) is 4.21. The average Bonchev–Trinajstić information content (AvgIpc) is 3.40. The van der Waals surface area contributed by atoms with Crippen LogP contribution in [0.1, 0.15) is 19.3 Å². The Balaban J connectivity index is 1.10. The molecule has 0 atom stereocenters. The van der Waals surface area contributed by atoms with Gasteiger partial charge in [0.05, 0.1) is 19.8 Å². The maximum absolute atomic E-state index is 13.3. The number of benzene rings is 2. The SMILES string of the molecule is Fc1ccc2c(-c3ccc(OCCCN4CCC5(CC4)OCCO5)cc3)noc2c1. The van der Waals surface area contributed by atoms with Gasteiger partial charge in [0, 0.05) is 49.5 Å². The summed E-state index contributed by atoms with van der Waals surface area (Å²) in [5.74, 6) is 0.180. The van der Waals surface area contributed by atoms with Crippen LogP contribution in [0.4, 0.5) is 4.39 Å². The van der Waals surface area contributed by atoms with Crippen LogP contribution in [0.5, 0.6) is 5.75 Å². The number of hydrogen-bond donors (Lipinski definition) is 0. The quantitative estimate of drug-likeness (QED) is 0.565. The molecule has 2 fully saturated rings. The summed E-state index contributed by atoms with van der Waals surface area (Å²) >= 11 is 0. The molecule has 3 aromatic rings. The number of ether oxygens (including phenoxy) is 3. The predicted octanol–water partition coefficient (Wildman–Crippen LogP) is 4.24. The Kier molecular flexibility index (Phi) is 5.41. The Bertz CT molecular complexity index is 988. The van der Waals surface area contributed by atoms with Crippen LogP contribution < -0.4 is 4.74 Å². The van der Waals surface area contributed by atoms with Crippen LogP contribution in [0.2, 0.25) is 0 Å². The van der Waals surface area contributed by atoms with Crippen molar-refractivity contribution in [2.75, 3.05) is 39.5 Å². The van der Waals surface area contributed by atoms with E-state index in [1.54, 1.807) is 6.07 Å². The van der Waals surface area contributed by atoms with Gasteiger partial charge in [-0.1, -0.05) is 5.16 Å². The number of halogens is 1. The molecule has 1 aromatic heterocycles. The molecule has 2 aliphatic rings. The van der Waals surface area contributed by atoms with Crippen LogP contribution in [0, 0.1) is 5.82 Å². The minimum absolute atomic E-state index is 0.307. The van der Waals surface area contributed by atoms with Gasteiger partial charge in [-0.2, -0.15) is 0 Å². The smallest absolute Gasteiger partial charge is 0.170 e. The van der Waals surface area contributed by atoms with Crippen LogP contribution in [0.3, 0.4) is 0 Å². The van der Waals surface area contributed by atoms with Gasteiger partial charge in [-0.25, -0.2) is 4.39 Å². The van der Waals surface area contributed by atoms with Crippen LogP contribution >= 0.6 is 0 Å². The number of hydrogen-bond acceptors (Lipinski definition) is 6. The Morgan fingerprint density at radius 3 is 2.57 bits per heavy atom. The van der Waals surface area contributed by atoms with Crippen LogP contribution in [-0.4, -0.2) is 55.3 Å². The van der Waals surface area contributed by atoms with Crippen molar-refractivity contribution in [3.05, 3.63) is 48.3 Å². The second-order valence-electron chi connectivity index (χ2n) is 7.85. The van der Waals surface area contributed by atoms with Crippen molar-refractivity contribution >= 4 is 11.0 Å². The highest BCUT2D eigenvalue weighted by atomic mass is 19.1. The summed E-state index contributed by atoms with van der Waals surface area (Å²) in [6.07, 6.45) is 2.85. The fourth-order valence-electron chi connectivity index (χ4n) is 4.21. The molecule has 7 heteroatoms. The highest BCUT2D eigenvalue weighted by Crippen LogP contribution is 2.31. The van der Waals surface area contributed by atoms with Gasteiger partial charge in [-0.3, -0.25) is 0 Å². The predicted molar refractivity (Wildman–Crippen MR) is 110 cm³/mol. The van der Waals surface area contributed by atoms with E-state index in [1.807, 2.05) is 24.3 Å². The first-order valence-electron chi connectivity index (χ1n) is 10.5. The number of piperidine rings is 1. The highest BCUT2D eigenvalue weighted by Gasteiger charge is 2.39. The van der Waals surface area contributed by atoms with Gasteiger partial charge in [-0.15, -0.1) is 0 Å². The Morgan fingerprint density at radius 1 is 1.03 bits per heavy atom. The minimum Gasteiger partial charge on any atom is -0.494 e. The average molecular weight is 412 g/mol. The van der Waals surface area contributed by atoms with E-state index in [2.05, 4.69) is 10.1 Å². The summed E-state index contributed by atoms with van der Waals surface area (Å²) in [6, 6.07) is 12.2. The number of fused-ring (bicyclic) bond motifs is 1. The van der Waals surface area contributed by atoms with E-state index in [4.69, 9.17) is 18.7 Å². The van der Waals surface area contributed by atoms with Gasteiger partial charge < -0.3 is 23.6 Å². The first kappa shape index (κ1) is 19.5. The number of aromatic nitrogens is 1. The summed E-state index contributed by atoms with van der Waals surface area (Å²) in [4.78, 5) is 2.45. The minimum atomic E-state index is -0.335. The molecule has 3 heterocycles. The molecular weight excluding hydrogens is 387 g/mol. The molecule has 2 saturated heterocycles. The van der Waals surface area contributed by atoms with Gasteiger partial charge in [0.25, 0.3) is 0 Å². The van der Waals surface area contributed by atoms with Crippen molar-refractivity contribution in [2.24, 2.45) is 0 Å². The molecule has 0 N–H and O–H groups in total. The van der Waals surface area contributed by atoms with E-state index in [0.29, 0.717) is 17.9 Å². The molecule has 30 heavy (non-hydrogen) atoms. The van der Waals surface area contributed by atoms with Crippen LogP contribution in [0.15, 0.2) is 47.0 Å². The van der Waals surface area contributed by atoms with Crippen molar-refractivity contribution in [3.63, 3.8) is 0 Å². The number of nitrogens with zero attached hydrogens (tertiary/aromatic N) is 2. The molecule has 2 aromatic carbocycles. The molecule has 0 bridgehead atoms. The number of rotatable bonds is 6. The lowest BCUT2D eigenvalue weighted by Gasteiger charge is -2.37. The zero-order chi connectivity index (χ0) is 20.4. The first-order valence-corrected chi connectivity index (χ1v) is 10.5. The second kappa shape index (κ2) is 8.34. The van der Waals surface area contributed by atoms with Gasteiger partial charge >= 0.3 is 0 Å². The lowest BCUT2D eigenvalue weighted by atomic mass is 10.0. The maximum atomic E-state index is 13.3. The first-order chi connectivity index (χ1) is 14.7. The molecule has 0 aliphatic carbocycles. The summed E-state index contributed by atoms with van der Waals surface area (Å²) in [6.45, 7) is 5.13. The molecule has 0 radical (unpaired) electrons. The van der Waals surface area contributed by atoms with Crippen LogP contribution in [0.25, 0.3) is 22.2 Å². The maximum Gasteiger partial charge on any atom is 0.170 e. The van der Waals surface area contributed by atoms with Gasteiger partial charge in [0.1, 0.15) is 17.3 Å². The van der Waals surface area contributed by atoms with Gasteiger partial charge in [-0.05, 0) is 42.8 Å². The van der Waals surface area contributed by atoms with E-state index in [0.717, 1.165) is 68.8 Å². The molecule has 0 amide bonds. The molecule has 0 unspecified atom stereocenters. The largest absolute Gasteiger partial charge is 0.494 e. The molecule has 1 spiro atoms. The summed E-state index contributed by atoms with van der Waals surface area (Å²) < 4.78 is 36.0. The van der Waals surface area contributed by atoms with E-state index in [-0.39, 0.29) is 11.6 Å². The third-order valence-electron chi connectivity index (χ3n) is 5.88. The normalized spacial score (nSPS) is 19.0. The topological polar surface area (TPSA) is 57.0 Å². The molecule has 6 nitrogen and oxygen atoms in total. The summed E-state index contributed by atoms with van der Waals surface area (Å²) in [7, 11) is 0. The molecule has 2 aliphatic heterocycles. The van der Waals surface area contributed by atoms with E-state index < -0.39 is 0 Å². The van der Waals surface area contributed by atoms with Gasteiger partial charge in [0.2, 0.25) is 0 Å². The van der Waals surface area contributed by atoms with Crippen molar-refractivity contribution in [1.82, 2.24) is 10.1 Å². The third-order valence-corrected chi connectivity index (χ3v) is 5.88. The fraction of sp³-hybridized carbons (Fsp3) is 0.435. The second-order valence-corrected chi connectivity index (χ2v) is 7.85. The van der Waals surface area contributed by atoms with Gasteiger partial charge in [0.15, 0.2) is 11.4 Å². The van der Waals surface area contributed by atoms with Crippen LogP contribution in [-0.2, 0) is 9.47 Å². The molecule has 0 saturated carbocycles. The number of likely N-dealkylation sites (tertiary alicyclic amines) is 1. The zero-order valence-electron chi connectivity index (χ0n) is 16.8. The Hall–Kier alpha value is -2.48. The molecule has 158 valence electrons. The summed E-state index contributed by atoms with van der Waals surface area (Å²) in [5, 5.41) is 4.88. The standard InChI is InChI=1S/C23H25FN2O4/c24-18-4-7-20-21(16-18)30-25-22(20)17-2-5-19(6-3-17)27-13-1-10-26-11-8-23(9-12-26)28-14-15-29-23/h2-7,16H,1,8-15H2. The molecular formula is C23H25FN2O4. The Morgan fingerprint density at radius 2 is 1.80 bits per heavy atom. The van der Waals surface area contributed by atoms with Crippen molar-refractivity contribution < 1.29 is 23.1 Å². The zero-order valence-corrected chi connectivity index (χ0v) is 16.8. The Labute approximate surface area is 174 Å². The van der Waals surface area contributed by atoms with Crippen molar-refractivity contribution in [1.29, 1.82) is 0 Å². The lowest BCUT2D eigenvalue weighted by molar-refractivity contribution is -0.185. The lowest BCUT2D eigenvalue weighted by Crippen LogP contribution is -2.45. The molecule has 5 rings (SSSR count). The van der Waals surface area contributed by atoms with Crippen molar-refractivity contribution in [2.45, 2.75) is 25.0 Å². The monoisotopic (exact) mass is 412 g/mol.